The molecule has 1 saturated heterocycles. The first-order valence-corrected chi connectivity index (χ1v) is 12.2. The molecule has 0 aliphatic carbocycles. The van der Waals surface area contributed by atoms with Crippen LogP contribution < -0.4 is 4.90 Å². The van der Waals surface area contributed by atoms with E-state index in [9.17, 15) is 26.3 Å². The van der Waals surface area contributed by atoms with E-state index in [1.807, 2.05) is 24.1 Å². The van der Waals surface area contributed by atoms with Crippen molar-refractivity contribution in [3.05, 3.63) is 77.9 Å². The van der Waals surface area contributed by atoms with Crippen molar-refractivity contribution < 1.29 is 46.1 Å². The minimum atomic E-state index is -5.08. The molecule has 0 radical (unpaired) electrons. The van der Waals surface area contributed by atoms with Gasteiger partial charge >= 0.3 is 24.3 Å². The fourth-order valence-corrected chi connectivity index (χ4v) is 4.76. The number of hydrogen-bond donors (Lipinski definition) is 2. The zero-order valence-electron chi connectivity index (χ0n) is 21.7. The lowest BCUT2D eigenvalue weighted by molar-refractivity contribution is -0.193. The van der Waals surface area contributed by atoms with E-state index in [0.717, 1.165) is 32.7 Å². The van der Waals surface area contributed by atoms with Crippen molar-refractivity contribution in [2.24, 2.45) is 7.05 Å². The zero-order valence-corrected chi connectivity index (χ0v) is 21.7. The second-order valence-electron chi connectivity index (χ2n) is 9.58. The van der Waals surface area contributed by atoms with Crippen LogP contribution in [0.5, 0.6) is 0 Å². The Morgan fingerprint density at radius 2 is 1.51 bits per heavy atom. The smallest absolute Gasteiger partial charge is 0.475 e. The molecule has 3 aromatic rings. The van der Waals surface area contributed by atoms with Gasteiger partial charge in [0.15, 0.2) is 0 Å². The maximum atomic E-state index is 10.6. The van der Waals surface area contributed by atoms with Crippen molar-refractivity contribution in [1.82, 2.24) is 19.7 Å². The number of benzene rings is 1. The van der Waals surface area contributed by atoms with E-state index in [4.69, 9.17) is 24.8 Å². The molecular weight excluding hydrogens is 560 g/mol. The number of halogens is 6. The minimum Gasteiger partial charge on any atom is -0.475 e. The third kappa shape index (κ3) is 8.42. The maximum Gasteiger partial charge on any atom is 0.490 e. The van der Waals surface area contributed by atoms with Gasteiger partial charge < -0.3 is 15.1 Å². The lowest BCUT2D eigenvalue weighted by Crippen LogP contribution is -2.36. The largest absolute Gasteiger partial charge is 0.490 e. The maximum absolute atomic E-state index is 10.6. The van der Waals surface area contributed by atoms with E-state index >= 15 is 0 Å². The summed E-state index contributed by atoms with van der Waals surface area (Å²) in [7, 11) is 1.98. The monoisotopic (exact) mass is 587 g/mol. The summed E-state index contributed by atoms with van der Waals surface area (Å²) in [5.41, 5.74) is 5.39. The molecule has 41 heavy (non-hydrogen) atoms. The molecule has 1 aromatic carbocycles. The first kappa shape index (κ1) is 31.4. The number of rotatable bonds is 4. The Labute approximate surface area is 230 Å². The number of aliphatic carboxylic acids is 2. The first-order chi connectivity index (χ1) is 19.1. The molecule has 0 saturated carbocycles. The van der Waals surface area contributed by atoms with Gasteiger partial charge in [0, 0.05) is 56.6 Å². The van der Waals surface area contributed by atoms with E-state index in [1.165, 1.54) is 28.9 Å². The molecule has 4 heterocycles. The van der Waals surface area contributed by atoms with E-state index in [-0.39, 0.29) is 5.41 Å². The topological polar surface area (TPSA) is 112 Å². The molecule has 0 amide bonds. The Bertz CT molecular complexity index is 1310. The first-order valence-electron chi connectivity index (χ1n) is 12.2. The minimum absolute atomic E-state index is 0.146. The Balaban J connectivity index is 0.000000276. The Kier molecular flexibility index (Phi) is 9.63. The van der Waals surface area contributed by atoms with Gasteiger partial charge in [-0.25, -0.2) is 9.59 Å². The van der Waals surface area contributed by atoms with Crippen molar-refractivity contribution in [2.75, 3.05) is 24.5 Å². The summed E-state index contributed by atoms with van der Waals surface area (Å²) < 4.78 is 65.4. The summed E-state index contributed by atoms with van der Waals surface area (Å²) in [4.78, 5) is 27.7. The number of fused-ring (bicyclic) bond motifs is 2. The average Bonchev–Trinajstić information content (AvgIpc) is 3.58. The molecule has 2 aliphatic heterocycles. The van der Waals surface area contributed by atoms with Gasteiger partial charge in [-0.3, -0.25) is 14.6 Å². The fourth-order valence-electron chi connectivity index (χ4n) is 4.76. The van der Waals surface area contributed by atoms with Gasteiger partial charge in [-0.1, -0.05) is 30.3 Å². The van der Waals surface area contributed by atoms with Crippen LogP contribution in [0.15, 0.2) is 61.1 Å². The highest BCUT2D eigenvalue weighted by Crippen LogP contribution is 2.45. The molecule has 0 bridgehead atoms. The summed E-state index contributed by atoms with van der Waals surface area (Å²) in [6.07, 6.45) is -2.94. The molecule has 1 fully saturated rings. The van der Waals surface area contributed by atoms with Crippen LogP contribution in [0.2, 0.25) is 0 Å². The summed E-state index contributed by atoms with van der Waals surface area (Å²) in [6.45, 7) is 5.15. The van der Waals surface area contributed by atoms with Gasteiger partial charge in [-0.05, 0) is 30.7 Å². The number of anilines is 1. The Hall–Kier alpha value is -4.14. The third-order valence-corrected chi connectivity index (χ3v) is 6.42. The molecule has 5 rings (SSSR count). The van der Waals surface area contributed by atoms with Crippen molar-refractivity contribution >= 4 is 17.6 Å². The van der Waals surface area contributed by atoms with E-state index < -0.39 is 24.3 Å². The molecule has 1 spiro atoms. The molecule has 15 heteroatoms. The zero-order chi connectivity index (χ0) is 30.4. The van der Waals surface area contributed by atoms with Gasteiger partial charge in [0.25, 0.3) is 0 Å². The van der Waals surface area contributed by atoms with Gasteiger partial charge in [0.1, 0.15) is 0 Å². The number of pyridine rings is 1. The molecule has 9 nitrogen and oxygen atoms in total. The van der Waals surface area contributed by atoms with E-state index in [2.05, 4.69) is 63.6 Å². The van der Waals surface area contributed by atoms with Crippen LogP contribution in [0.4, 0.5) is 32.0 Å². The molecule has 2 aromatic heterocycles. The quantitative estimate of drug-likeness (QED) is 0.436. The van der Waals surface area contributed by atoms with Crippen LogP contribution >= 0.6 is 0 Å². The summed E-state index contributed by atoms with van der Waals surface area (Å²) in [6, 6.07) is 15.1. The van der Waals surface area contributed by atoms with Crippen molar-refractivity contribution in [3.8, 4) is 0 Å². The van der Waals surface area contributed by atoms with Gasteiger partial charge in [-0.2, -0.15) is 31.4 Å². The summed E-state index contributed by atoms with van der Waals surface area (Å²) in [5.74, 6) is -5.51. The number of alkyl halides is 6. The lowest BCUT2D eigenvalue weighted by Gasteiger charge is -2.26. The van der Waals surface area contributed by atoms with E-state index in [1.54, 1.807) is 0 Å². The lowest BCUT2D eigenvalue weighted by atomic mass is 9.85. The average molecular weight is 588 g/mol. The van der Waals surface area contributed by atoms with Crippen LogP contribution in [0, 0.1) is 0 Å². The second kappa shape index (κ2) is 12.6. The van der Waals surface area contributed by atoms with Crippen molar-refractivity contribution in [2.45, 2.75) is 37.3 Å². The van der Waals surface area contributed by atoms with Crippen LogP contribution in [-0.4, -0.2) is 73.8 Å². The molecule has 2 N–H and O–H groups in total. The Morgan fingerprint density at radius 3 is 2.05 bits per heavy atom. The number of carbonyl (C=O) groups is 2. The molecule has 222 valence electrons. The standard InChI is InChI=1S/C22H25N5.2C2HF3O2/c1-25-13-19(12-24-25)14-26-11-9-22(16-26)17-27(15-18-6-3-2-4-7-18)20-8-5-10-23-21(20)22;2*3-2(4,5)1(6)7/h2-8,10,12-13H,9,11,14-17H2,1H3;2*(H,6,7). The number of carboxylic acid groups (broad SMARTS) is 2. The summed E-state index contributed by atoms with van der Waals surface area (Å²) >= 11 is 0. The highest BCUT2D eigenvalue weighted by Gasteiger charge is 2.48. The van der Waals surface area contributed by atoms with Gasteiger partial charge in [0.05, 0.1) is 17.6 Å². The molecule has 1 atom stereocenters. The predicted molar refractivity (Wildman–Crippen MR) is 134 cm³/mol. The van der Waals surface area contributed by atoms with Crippen LogP contribution in [0.3, 0.4) is 0 Å². The molecule has 2 aliphatic rings. The van der Waals surface area contributed by atoms with Crippen LogP contribution in [-0.2, 0) is 35.1 Å². The third-order valence-electron chi connectivity index (χ3n) is 6.42. The molecule has 1 unspecified atom stereocenters. The van der Waals surface area contributed by atoms with Crippen LogP contribution in [0.1, 0.15) is 23.2 Å². The van der Waals surface area contributed by atoms with Crippen LogP contribution in [0.25, 0.3) is 0 Å². The summed E-state index contributed by atoms with van der Waals surface area (Å²) in [5, 5.41) is 18.6. The highest BCUT2D eigenvalue weighted by atomic mass is 19.4. The highest BCUT2D eigenvalue weighted by molar-refractivity contribution is 5.73. The number of aromatic nitrogens is 3. The number of carboxylic acids is 2. The fraction of sp³-hybridized carbons (Fsp3) is 0.385. The second-order valence-corrected chi connectivity index (χ2v) is 9.58. The van der Waals surface area contributed by atoms with E-state index in [0.29, 0.717) is 0 Å². The van der Waals surface area contributed by atoms with Gasteiger partial charge in [-0.15, -0.1) is 0 Å². The Morgan fingerprint density at radius 1 is 0.902 bits per heavy atom. The van der Waals surface area contributed by atoms with Crippen molar-refractivity contribution in [1.29, 1.82) is 0 Å². The molecular formula is C26H27F6N5O4. The number of likely N-dealkylation sites (tertiary alicyclic amines) is 1. The normalized spacial score (nSPS) is 18.3. The SMILES string of the molecule is Cn1cc(CN2CCC3(C2)CN(Cc2ccccc2)c2cccnc23)cn1.O=C(O)C(F)(F)F.O=C(O)C(F)(F)F. The van der Waals surface area contributed by atoms with Crippen molar-refractivity contribution in [3.63, 3.8) is 0 Å². The predicted octanol–water partition coefficient (Wildman–Crippen LogP) is 4.25. The number of nitrogens with zero attached hydrogens (tertiary/aromatic N) is 5. The van der Waals surface area contributed by atoms with Gasteiger partial charge in [0.2, 0.25) is 0 Å². The number of aryl methyl sites for hydroxylation is 1. The number of hydrogen-bond acceptors (Lipinski definition) is 6.